The number of likely N-dealkylation sites (N-methyl/N-ethyl adjacent to an activating group) is 2. The van der Waals surface area contributed by atoms with E-state index >= 15 is 0 Å². The van der Waals surface area contributed by atoms with Crippen LogP contribution < -0.4 is 10.1 Å². The van der Waals surface area contributed by atoms with Crippen molar-refractivity contribution in [3.8, 4) is 5.75 Å². The Balaban J connectivity index is 1.94. The Morgan fingerprint density at radius 2 is 2.26 bits per heavy atom. The minimum absolute atomic E-state index is 0.509. The Hall–Kier alpha value is -1.33. The first-order chi connectivity index (χ1) is 9.20. The standard InChI is InChI=1S/C14H24N4O/c1-4-19-13-6-5-7-15-14(13)16-10-12-11-17(2)8-9-18(12)3/h5-7,12H,4,8-11H2,1-3H3,(H,15,16). The molecule has 1 fully saturated rings. The summed E-state index contributed by atoms with van der Waals surface area (Å²) in [5, 5.41) is 3.41. The zero-order chi connectivity index (χ0) is 13.7. The largest absolute Gasteiger partial charge is 0.490 e. The first kappa shape index (κ1) is 14.1. The van der Waals surface area contributed by atoms with Crippen LogP contribution in [0, 0.1) is 0 Å². The van der Waals surface area contributed by atoms with Crippen molar-refractivity contribution in [3.05, 3.63) is 18.3 Å². The van der Waals surface area contributed by atoms with Gasteiger partial charge < -0.3 is 15.0 Å². The van der Waals surface area contributed by atoms with E-state index in [1.165, 1.54) is 0 Å². The Bertz CT molecular complexity index is 399. The molecule has 1 unspecified atom stereocenters. The normalized spacial score (nSPS) is 21.3. The maximum atomic E-state index is 5.58. The summed E-state index contributed by atoms with van der Waals surface area (Å²) >= 11 is 0. The summed E-state index contributed by atoms with van der Waals surface area (Å²) in [5.74, 6) is 1.67. The number of pyridine rings is 1. The molecule has 0 amide bonds. The number of anilines is 1. The zero-order valence-corrected chi connectivity index (χ0v) is 12.1. The number of nitrogens with zero attached hydrogens (tertiary/aromatic N) is 3. The SMILES string of the molecule is CCOc1cccnc1NCC1CN(C)CCN1C. The van der Waals surface area contributed by atoms with Crippen molar-refractivity contribution >= 4 is 5.82 Å². The highest BCUT2D eigenvalue weighted by molar-refractivity contribution is 5.49. The average molecular weight is 264 g/mol. The van der Waals surface area contributed by atoms with E-state index in [0.29, 0.717) is 12.6 Å². The highest BCUT2D eigenvalue weighted by Crippen LogP contribution is 2.21. The molecule has 0 bridgehead atoms. The van der Waals surface area contributed by atoms with E-state index in [2.05, 4.69) is 34.2 Å². The molecule has 0 radical (unpaired) electrons. The lowest BCUT2D eigenvalue weighted by Crippen LogP contribution is -2.52. The maximum absolute atomic E-state index is 5.58. The quantitative estimate of drug-likeness (QED) is 0.863. The maximum Gasteiger partial charge on any atom is 0.168 e. The van der Waals surface area contributed by atoms with Crippen LogP contribution in [-0.2, 0) is 0 Å². The Kier molecular flexibility index (Phi) is 4.99. The minimum Gasteiger partial charge on any atom is -0.490 e. The lowest BCUT2D eigenvalue weighted by Gasteiger charge is -2.37. The summed E-state index contributed by atoms with van der Waals surface area (Å²) in [4.78, 5) is 9.13. The number of hydrogen-bond acceptors (Lipinski definition) is 5. The number of rotatable bonds is 5. The van der Waals surface area contributed by atoms with Crippen molar-refractivity contribution < 1.29 is 4.74 Å². The second-order valence-electron chi connectivity index (χ2n) is 5.06. The summed E-state index contributed by atoms with van der Waals surface area (Å²) in [6.07, 6.45) is 1.79. The first-order valence-corrected chi connectivity index (χ1v) is 6.91. The lowest BCUT2D eigenvalue weighted by molar-refractivity contribution is 0.121. The van der Waals surface area contributed by atoms with Crippen molar-refractivity contribution in [2.45, 2.75) is 13.0 Å². The molecule has 2 heterocycles. The molecule has 19 heavy (non-hydrogen) atoms. The van der Waals surface area contributed by atoms with Gasteiger partial charge in [-0.1, -0.05) is 0 Å². The molecule has 0 saturated carbocycles. The monoisotopic (exact) mass is 264 g/mol. The summed E-state index contributed by atoms with van der Waals surface area (Å²) < 4.78 is 5.58. The van der Waals surface area contributed by atoms with Crippen molar-refractivity contribution in [1.82, 2.24) is 14.8 Å². The van der Waals surface area contributed by atoms with E-state index < -0.39 is 0 Å². The van der Waals surface area contributed by atoms with Gasteiger partial charge >= 0.3 is 0 Å². The van der Waals surface area contributed by atoms with E-state index in [4.69, 9.17) is 4.74 Å². The van der Waals surface area contributed by atoms with Gasteiger partial charge in [0, 0.05) is 38.4 Å². The summed E-state index contributed by atoms with van der Waals surface area (Å²) in [6.45, 7) is 6.87. The zero-order valence-electron chi connectivity index (χ0n) is 12.1. The van der Waals surface area contributed by atoms with Gasteiger partial charge in [0.2, 0.25) is 0 Å². The summed E-state index contributed by atoms with van der Waals surface area (Å²) in [6, 6.07) is 4.36. The topological polar surface area (TPSA) is 40.6 Å². The van der Waals surface area contributed by atoms with Gasteiger partial charge in [-0.2, -0.15) is 0 Å². The van der Waals surface area contributed by atoms with Crippen LogP contribution in [0.25, 0.3) is 0 Å². The van der Waals surface area contributed by atoms with Crippen LogP contribution in [0.2, 0.25) is 0 Å². The fraction of sp³-hybridized carbons (Fsp3) is 0.643. The van der Waals surface area contributed by atoms with Crippen molar-refractivity contribution in [2.75, 3.05) is 52.2 Å². The number of hydrogen-bond donors (Lipinski definition) is 1. The molecular weight excluding hydrogens is 240 g/mol. The van der Waals surface area contributed by atoms with Gasteiger partial charge in [-0.05, 0) is 33.2 Å². The molecule has 1 atom stereocenters. The van der Waals surface area contributed by atoms with Gasteiger partial charge in [-0.25, -0.2) is 4.98 Å². The van der Waals surface area contributed by atoms with Gasteiger partial charge in [0.1, 0.15) is 0 Å². The molecule has 1 N–H and O–H groups in total. The van der Waals surface area contributed by atoms with Crippen molar-refractivity contribution in [1.29, 1.82) is 0 Å². The predicted octanol–water partition coefficient (Wildman–Crippen LogP) is 1.14. The van der Waals surface area contributed by atoms with Gasteiger partial charge in [-0.3, -0.25) is 4.90 Å². The third kappa shape index (κ3) is 3.81. The van der Waals surface area contributed by atoms with Crippen LogP contribution in [0.15, 0.2) is 18.3 Å². The highest BCUT2D eigenvalue weighted by atomic mass is 16.5. The van der Waals surface area contributed by atoms with Gasteiger partial charge in [0.05, 0.1) is 6.61 Å². The number of ether oxygens (including phenoxy) is 1. The van der Waals surface area contributed by atoms with Gasteiger partial charge in [-0.15, -0.1) is 0 Å². The Morgan fingerprint density at radius 3 is 3.05 bits per heavy atom. The molecule has 2 rings (SSSR count). The molecular formula is C14H24N4O. The molecule has 1 aliphatic heterocycles. The molecule has 0 aromatic carbocycles. The number of aromatic nitrogens is 1. The van der Waals surface area contributed by atoms with Crippen LogP contribution in [-0.4, -0.2) is 67.7 Å². The van der Waals surface area contributed by atoms with E-state index in [1.807, 2.05) is 19.1 Å². The molecule has 1 aromatic rings. The molecule has 0 aliphatic carbocycles. The number of piperazine rings is 1. The third-order valence-electron chi connectivity index (χ3n) is 3.56. The second kappa shape index (κ2) is 6.73. The van der Waals surface area contributed by atoms with Crippen LogP contribution in [0.4, 0.5) is 5.82 Å². The average Bonchev–Trinajstić information content (AvgIpc) is 2.42. The summed E-state index contributed by atoms with van der Waals surface area (Å²) in [5.41, 5.74) is 0. The second-order valence-corrected chi connectivity index (χ2v) is 5.06. The predicted molar refractivity (Wildman–Crippen MR) is 77.8 cm³/mol. The summed E-state index contributed by atoms with van der Waals surface area (Å²) in [7, 11) is 4.35. The molecule has 106 valence electrons. The molecule has 1 saturated heterocycles. The van der Waals surface area contributed by atoms with Crippen LogP contribution in [0.1, 0.15) is 6.92 Å². The van der Waals surface area contributed by atoms with E-state index in [-0.39, 0.29) is 0 Å². The fourth-order valence-corrected chi connectivity index (χ4v) is 2.33. The molecule has 1 aromatic heterocycles. The van der Waals surface area contributed by atoms with Crippen LogP contribution >= 0.6 is 0 Å². The van der Waals surface area contributed by atoms with E-state index in [1.54, 1.807) is 6.20 Å². The van der Waals surface area contributed by atoms with Gasteiger partial charge in [0.25, 0.3) is 0 Å². The molecule has 5 heteroatoms. The fourth-order valence-electron chi connectivity index (χ4n) is 2.33. The molecule has 5 nitrogen and oxygen atoms in total. The van der Waals surface area contributed by atoms with E-state index in [0.717, 1.165) is 37.7 Å². The first-order valence-electron chi connectivity index (χ1n) is 6.91. The molecule has 0 spiro atoms. The number of nitrogens with one attached hydrogen (secondary N) is 1. The van der Waals surface area contributed by atoms with Crippen molar-refractivity contribution in [2.24, 2.45) is 0 Å². The highest BCUT2D eigenvalue weighted by Gasteiger charge is 2.22. The van der Waals surface area contributed by atoms with Crippen LogP contribution in [0.3, 0.4) is 0 Å². The van der Waals surface area contributed by atoms with E-state index in [9.17, 15) is 0 Å². The van der Waals surface area contributed by atoms with Crippen LogP contribution in [0.5, 0.6) is 5.75 Å². The lowest BCUT2D eigenvalue weighted by atomic mass is 10.2. The van der Waals surface area contributed by atoms with Gasteiger partial charge in [0.15, 0.2) is 11.6 Å². The Morgan fingerprint density at radius 1 is 1.42 bits per heavy atom. The van der Waals surface area contributed by atoms with Crippen molar-refractivity contribution in [3.63, 3.8) is 0 Å². The third-order valence-corrected chi connectivity index (χ3v) is 3.56. The molecule has 1 aliphatic rings. The smallest absolute Gasteiger partial charge is 0.168 e. The minimum atomic E-state index is 0.509. The Labute approximate surface area is 115 Å².